The van der Waals surface area contributed by atoms with E-state index in [0.29, 0.717) is 25.0 Å². The standard InChI is InChI=1S/C27H26N2O2/c1-19-16-25(28-21(3)20(19)2)24-14-15-26(30-17-22-10-6-4-7-11-22)29-27(24)31-18-23-12-8-5-9-13-23/h4-16H,17-18H2,1-3H3. The predicted molar refractivity (Wildman–Crippen MR) is 123 cm³/mol. The third-order valence-corrected chi connectivity index (χ3v) is 5.33. The second kappa shape index (κ2) is 9.43. The van der Waals surface area contributed by atoms with Gasteiger partial charge in [0.05, 0.1) is 11.3 Å². The molecule has 0 aliphatic rings. The van der Waals surface area contributed by atoms with Crippen molar-refractivity contribution >= 4 is 0 Å². The highest BCUT2D eigenvalue weighted by Gasteiger charge is 2.14. The van der Waals surface area contributed by atoms with Crippen LogP contribution in [0.15, 0.2) is 78.9 Å². The quantitative estimate of drug-likeness (QED) is 0.362. The lowest BCUT2D eigenvalue weighted by Crippen LogP contribution is -2.03. The summed E-state index contributed by atoms with van der Waals surface area (Å²) in [6.07, 6.45) is 0. The first-order chi connectivity index (χ1) is 15.1. The molecule has 0 N–H and O–H groups in total. The number of hydrogen-bond acceptors (Lipinski definition) is 4. The minimum absolute atomic E-state index is 0.423. The van der Waals surface area contributed by atoms with E-state index in [4.69, 9.17) is 14.5 Å². The third-order valence-electron chi connectivity index (χ3n) is 5.33. The van der Waals surface area contributed by atoms with Crippen molar-refractivity contribution in [3.63, 3.8) is 0 Å². The minimum atomic E-state index is 0.423. The van der Waals surface area contributed by atoms with Crippen LogP contribution in [0, 0.1) is 20.8 Å². The normalized spacial score (nSPS) is 10.7. The molecule has 156 valence electrons. The maximum atomic E-state index is 6.15. The summed E-state index contributed by atoms with van der Waals surface area (Å²) >= 11 is 0. The van der Waals surface area contributed by atoms with Gasteiger partial charge in [0.2, 0.25) is 11.8 Å². The Kier molecular flexibility index (Phi) is 6.27. The molecule has 2 aromatic heterocycles. The van der Waals surface area contributed by atoms with Crippen LogP contribution in [0.3, 0.4) is 0 Å². The Hall–Kier alpha value is -3.66. The van der Waals surface area contributed by atoms with E-state index in [2.05, 4.69) is 24.9 Å². The van der Waals surface area contributed by atoms with Crippen LogP contribution in [0.4, 0.5) is 0 Å². The van der Waals surface area contributed by atoms with Gasteiger partial charge in [-0.3, -0.25) is 4.98 Å². The molecule has 31 heavy (non-hydrogen) atoms. The van der Waals surface area contributed by atoms with Crippen molar-refractivity contribution in [2.24, 2.45) is 0 Å². The molecule has 0 saturated carbocycles. The maximum Gasteiger partial charge on any atom is 0.226 e. The molecule has 0 bridgehead atoms. The highest BCUT2D eigenvalue weighted by Crippen LogP contribution is 2.31. The Morgan fingerprint density at radius 3 is 1.90 bits per heavy atom. The summed E-state index contributed by atoms with van der Waals surface area (Å²) in [5.74, 6) is 1.04. The molecule has 4 heteroatoms. The van der Waals surface area contributed by atoms with Gasteiger partial charge in [-0.2, -0.15) is 4.98 Å². The summed E-state index contributed by atoms with van der Waals surface area (Å²) in [7, 11) is 0. The lowest BCUT2D eigenvalue weighted by molar-refractivity contribution is 0.268. The number of aryl methyl sites for hydroxylation is 2. The molecule has 0 atom stereocenters. The topological polar surface area (TPSA) is 44.2 Å². The Morgan fingerprint density at radius 1 is 0.677 bits per heavy atom. The maximum absolute atomic E-state index is 6.15. The fourth-order valence-electron chi connectivity index (χ4n) is 3.30. The number of benzene rings is 2. The molecular formula is C27H26N2O2. The molecule has 0 fully saturated rings. The van der Waals surface area contributed by atoms with E-state index in [1.165, 1.54) is 11.1 Å². The molecule has 4 nitrogen and oxygen atoms in total. The van der Waals surface area contributed by atoms with Crippen LogP contribution in [-0.2, 0) is 13.2 Å². The SMILES string of the molecule is Cc1cc(-c2ccc(OCc3ccccc3)nc2OCc2ccccc2)nc(C)c1C. The van der Waals surface area contributed by atoms with Crippen molar-refractivity contribution in [2.45, 2.75) is 34.0 Å². The van der Waals surface area contributed by atoms with Gasteiger partial charge in [0.15, 0.2) is 0 Å². The third kappa shape index (κ3) is 5.10. The zero-order valence-corrected chi connectivity index (χ0v) is 18.1. The molecule has 4 rings (SSSR count). The zero-order valence-electron chi connectivity index (χ0n) is 18.1. The molecule has 2 aromatic carbocycles. The monoisotopic (exact) mass is 410 g/mol. The summed E-state index contributed by atoms with van der Waals surface area (Å²) in [5.41, 5.74) is 7.28. The van der Waals surface area contributed by atoms with Crippen molar-refractivity contribution in [3.8, 4) is 23.0 Å². The van der Waals surface area contributed by atoms with Gasteiger partial charge in [-0.25, -0.2) is 0 Å². The van der Waals surface area contributed by atoms with Crippen LogP contribution in [-0.4, -0.2) is 9.97 Å². The zero-order chi connectivity index (χ0) is 21.6. The molecule has 4 aromatic rings. The molecule has 0 aliphatic carbocycles. The molecule has 0 saturated heterocycles. The highest BCUT2D eigenvalue weighted by molar-refractivity contribution is 5.67. The lowest BCUT2D eigenvalue weighted by Gasteiger charge is -2.14. The number of rotatable bonds is 7. The molecule has 0 radical (unpaired) electrons. The van der Waals surface area contributed by atoms with Gasteiger partial charge in [0.1, 0.15) is 13.2 Å². The number of nitrogens with zero attached hydrogens (tertiary/aromatic N) is 2. The first kappa shape index (κ1) is 20.6. The second-order valence-corrected chi connectivity index (χ2v) is 7.59. The van der Waals surface area contributed by atoms with Gasteiger partial charge >= 0.3 is 0 Å². The molecule has 0 aliphatic heterocycles. The summed E-state index contributed by atoms with van der Waals surface area (Å²) in [6.45, 7) is 7.09. The van der Waals surface area contributed by atoms with Gasteiger partial charge in [0.25, 0.3) is 0 Å². The van der Waals surface area contributed by atoms with Crippen molar-refractivity contribution < 1.29 is 9.47 Å². The van der Waals surface area contributed by atoms with E-state index in [1.807, 2.05) is 79.7 Å². The van der Waals surface area contributed by atoms with Gasteiger partial charge < -0.3 is 9.47 Å². The van der Waals surface area contributed by atoms with Crippen LogP contribution < -0.4 is 9.47 Å². The van der Waals surface area contributed by atoms with E-state index in [0.717, 1.165) is 28.1 Å². The van der Waals surface area contributed by atoms with E-state index in [9.17, 15) is 0 Å². The van der Waals surface area contributed by atoms with Crippen LogP contribution in [0.25, 0.3) is 11.3 Å². The average molecular weight is 411 g/mol. The van der Waals surface area contributed by atoms with Crippen molar-refractivity contribution in [2.75, 3.05) is 0 Å². The van der Waals surface area contributed by atoms with Crippen LogP contribution in [0.1, 0.15) is 27.9 Å². The van der Waals surface area contributed by atoms with Crippen LogP contribution >= 0.6 is 0 Å². The number of hydrogen-bond donors (Lipinski definition) is 0. The van der Waals surface area contributed by atoms with Gasteiger partial charge in [0, 0.05) is 11.8 Å². The lowest BCUT2D eigenvalue weighted by atomic mass is 10.1. The summed E-state index contributed by atoms with van der Waals surface area (Å²) in [4.78, 5) is 9.46. The number of aromatic nitrogens is 2. The Morgan fingerprint density at radius 2 is 1.29 bits per heavy atom. The predicted octanol–water partition coefficient (Wildman–Crippen LogP) is 6.23. The first-order valence-electron chi connectivity index (χ1n) is 10.4. The van der Waals surface area contributed by atoms with Crippen molar-refractivity contribution in [3.05, 3.63) is 107 Å². The van der Waals surface area contributed by atoms with E-state index in [-0.39, 0.29) is 0 Å². The van der Waals surface area contributed by atoms with Crippen LogP contribution in [0.2, 0.25) is 0 Å². The van der Waals surface area contributed by atoms with Gasteiger partial charge in [-0.05, 0) is 55.2 Å². The van der Waals surface area contributed by atoms with Gasteiger partial charge in [-0.15, -0.1) is 0 Å². The Balaban J connectivity index is 1.64. The van der Waals surface area contributed by atoms with Crippen molar-refractivity contribution in [1.82, 2.24) is 9.97 Å². The number of ether oxygens (including phenoxy) is 2. The fourth-order valence-corrected chi connectivity index (χ4v) is 3.30. The van der Waals surface area contributed by atoms with E-state index < -0.39 is 0 Å². The molecular weight excluding hydrogens is 384 g/mol. The van der Waals surface area contributed by atoms with Crippen LogP contribution in [0.5, 0.6) is 11.8 Å². The highest BCUT2D eigenvalue weighted by atomic mass is 16.5. The fraction of sp³-hybridized carbons (Fsp3) is 0.185. The average Bonchev–Trinajstić information content (AvgIpc) is 2.81. The van der Waals surface area contributed by atoms with E-state index >= 15 is 0 Å². The molecule has 0 spiro atoms. The van der Waals surface area contributed by atoms with Crippen molar-refractivity contribution in [1.29, 1.82) is 0 Å². The molecule has 2 heterocycles. The molecule has 0 amide bonds. The summed E-state index contributed by atoms with van der Waals surface area (Å²) in [6, 6.07) is 26.0. The largest absolute Gasteiger partial charge is 0.473 e. The first-order valence-corrected chi connectivity index (χ1v) is 10.4. The minimum Gasteiger partial charge on any atom is -0.473 e. The summed E-state index contributed by atoms with van der Waals surface area (Å²) in [5, 5.41) is 0. The van der Waals surface area contributed by atoms with Gasteiger partial charge in [-0.1, -0.05) is 60.7 Å². The number of pyridine rings is 2. The smallest absolute Gasteiger partial charge is 0.226 e. The Bertz CT molecular complexity index is 1140. The summed E-state index contributed by atoms with van der Waals surface area (Å²) < 4.78 is 12.1. The van der Waals surface area contributed by atoms with E-state index in [1.54, 1.807) is 0 Å². The molecule has 0 unspecified atom stereocenters. The second-order valence-electron chi connectivity index (χ2n) is 7.59. The Labute approximate surface area is 183 Å².